The van der Waals surface area contributed by atoms with Crippen LogP contribution >= 0.6 is 0 Å². The number of hydrogen-bond donors (Lipinski definition) is 1. The lowest BCUT2D eigenvalue weighted by Gasteiger charge is -2.36. The number of anilines is 1. The van der Waals surface area contributed by atoms with E-state index >= 15 is 0 Å². The first-order valence-electron chi connectivity index (χ1n) is 8.03. The van der Waals surface area contributed by atoms with E-state index in [2.05, 4.69) is 12.2 Å². The van der Waals surface area contributed by atoms with Gasteiger partial charge in [-0.3, -0.25) is 4.90 Å². The maximum atomic E-state index is 13.4. The van der Waals surface area contributed by atoms with E-state index in [-0.39, 0.29) is 17.9 Å². The van der Waals surface area contributed by atoms with Gasteiger partial charge in [0.05, 0.1) is 0 Å². The molecule has 1 aliphatic carbocycles. The molecule has 0 spiro atoms. The Hall–Kier alpha value is -1.58. The fourth-order valence-electron chi connectivity index (χ4n) is 3.52. The molecule has 1 aromatic rings. The minimum Gasteiger partial charge on any atom is -0.335 e. The van der Waals surface area contributed by atoms with Crippen LogP contribution in [-0.2, 0) is 6.42 Å². The van der Waals surface area contributed by atoms with Gasteiger partial charge in [0.25, 0.3) is 0 Å². The molecule has 114 valence electrons. The second-order valence-electron chi connectivity index (χ2n) is 6.32. The number of aryl methyl sites for hydroxylation is 1. The SMILES string of the molecule is C[C@@H]1CCc2cc(F)ccc2N1C(=O)NC1CCCCC1. The molecule has 3 nitrogen and oxygen atoms in total. The highest BCUT2D eigenvalue weighted by atomic mass is 19.1. The van der Waals surface area contributed by atoms with Gasteiger partial charge >= 0.3 is 6.03 Å². The molecule has 0 saturated heterocycles. The van der Waals surface area contributed by atoms with Crippen LogP contribution < -0.4 is 10.2 Å². The summed E-state index contributed by atoms with van der Waals surface area (Å²) >= 11 is 0. The number of benzene rings is 1. The lowest BCUT2D eigenvalue weighted by atomic mass is 9.95. The summed E-state index contributed by atoms with van der Waals surface area (Å²) in [6.45, 7) is 2.06. The van der Waals surface area contributed by atoms with Gasteiger partial charge in [-0.1, -0.05) is 19.3 Å². The van der Waals surface area contributed by atoms with Crippen molar-refractivity contribution in [3.8, 4) is 0 Å². The van der Waals surface area contributed by atoms with E-state index in [0.29, 0.717) is 6.04 Å². The van der Waals surface area contributed by atoms with Crippen LogP contribution in [0.4, 0.5) is 14.9 Å². The summed E-state index contributed by atoms with van der Waals surface area (Å²) in [5, 5.41) is 3.17. The molecular weight excluding hydrogens is 267 g/mol. The summed E-state index contributed by atoms with van der Waals surface area (Å²) in [5.41, 5.74) is 1.80. The van der Waals surface area contributed by atoms with Gasteiger partial charge in [-0.25, -0.2) is 9.18 Å². The Bertz CT molecular complexity index is 526. The predicted octanol–water partition coefficient (Wildman–Crippen LogP) is 4.01. The average molecular weight is 290 g/mol. The van der Waals surface area contributed by atoms with E-state index in [4.69, 9.17) is 0 Å². The first kappa shape index (κ1) is 14.4. The highest BCUT2D eigenvalue weighted by Gasteiger charge is 2.29. The van der Waals surface area contributed by atoms with Crippen molar-refractivity contribution in [3.63, 3.8) is 0 Å². The Morgan fingerprint density at radius 3 is 2.76 bits per heavy atom. The molecule has 3 rings (SSSR count). The minimum atomic E-state index is -0.226. The van der Waals surface area contributed by atoms with E-state index in [9.17, 15) is 9.18 Å². The van der Waals surface area contributed by atoms with Crippen molar-refractivity contribution in [2.45, 2.75) is 64.0 Å². The molecule has 1 aliphatic heterocycles. The summed E-state index contributed by atoms with van der Waals surface area (Å²) in [6, 6.07) is 5.17. The third-order valence-corrected chi connectivity index (χ3v) is 4.72. The Labute approximate surface area is 125 Å². The smallest absolute Gasteiger partial charge is 0.322 e. The standard InChI is InChI=1S/C17H23FN2O/c1-12-7-8-13-11-14(18)9-10-16(13)20(12)17(21)19-15-5-3-2-4-6-15/h9-12,15H,2-8H2,1H3,(H,19,21)/t12-/m1/s1. The summed E-state index contributed by atoms with van der Waals surface area (Å²) in [4.78, 5) is 14.5. The number of amides is 2. The van der Waals surface area contributed by atoms with Gasteiger partial charge in [0.15, 0.2) is 0 Å². The number of carbonyl (C=O) groups is 1. The molecule has 0 unspecified atom stereocenters. The fraction of sp³-hybridized carbons (Fsp3) is 0.588. The lowest BCUT2D eigenvalue weighted by Crippen LogP contribution is -2.50. The maximum Gasteiger partial charge on any atom is 0.322 e. The Kier molecular flexibility index (Phi) is 4.13. The van der Waals surface area contributed by atoms with Crippen LogP contribution in [0.2, 0.25) is 0 Å². The molecule has 1 N–H and O–H groups in total. The van der Waals surface area contributed by atoms with Gasteiger partial charge in [0, 0.05) is 17.8 Å². The molecule has 21 heavy (non-hydrogen) atoms. The maximum absolute atomic E-state index is 13.4. The molecule has 0 aromatic heterocycles. The van der Waals surface area contributed by atoms with Crippen LogP contribution in [-0.4, -0.2) is 18.1 Å². The number of hydrogen-bond acceptors (Lipinski definition) is 1. The van der Waals surface area contributed by atoms with E-state index in [0.717, 1.165) is 36.9 Å². The molecule has 1 aromatic carbocycles. The molecule has 2 amide bonds. The van der Waals surface area contributed by atoms with Gasteiger partial charge in [-0.2, -0.15) is 0 Å². The van der Waals surface area contributed by atoms with Gasteiger partial charge < -0.3 is 5.32 Å². The van der Waals surface area contributed by atoms with Gasteiger partial charge in [-0.05, 0) is 56.4 Å². The minimum absolute atomic E-state index is 0.0260. The van der Waals surface area contributed by atoms with Crippen molar-refractivity contribution in [1.29, 1.82) is 0 Å². The summed E-state index contributed by atoms with van der Waals surface area (Å²) in [7, 11) is 0. The highest BCUT2D eigenvalue weighted by Crippen LogP contribution is 2.31. The third-order valence-electron chi connectivity index (χ3n) is 4.72. The third kappa shape index (κ3) is 3.04. The molecule has 4 heteroatoms. The molecule has 1 heterocycles. The van der Waals surface area contributed by atoms with E-state index in [1.54, 1.807) is 12.1 Å². The summed E-state index contributed by atoms with van der Waals surface area (Å²) < 4.78 is 13.4. The van der Waals surface area contributed by atoms with Crippen LogP contribution in [0.3, 0.4) is 0 Å². The predicted molar refractivity (Wildman–Crippen MR) is 82.1 cm³/mol. The largest absolute Gasteiger partial charge is 0.335 e. The zero-order valence-electron chi connectivity index (χ0n) is 12.6. The lowest BCUT2D eigenvalue weighted by molar-refractivity contribution is 0.235. The number of rotatable bonds is 1. The molecule has 0 radical (unpaired) electrons. The van der Waals surface area contributed by atoms with E-state index in [1.165, 1.54) is 25.3 Å². The Balaban J connectivity index is 1.78. The van der Waals surface area contributed by atoms with Crippen molar-refractivity contribution in [2.75, 3.05) is 4.90 Å². The van der Waals surface area contributed by atoms with Gasteiger partial charge in [0.1, 0.15) is 5.82 Å². The van der Waals surface area contributed by atoms with E-state index < -0.39 is 0 Å². The number of urea groups is 1. The molecular formula is C17H23FN2O. The number of carbonyl (C=O) groups excluding carboxylic acids is 1. The molecule has 1 saturated carbocycles. The van der Waals surface area contributed by atoms with Crippen LogP contribution in [0.25, 0.3) is 0 Å². The molecule has 1 atom stereocenters. The van der Waals surface area contributed by atoms with Crippen molar-refractivity contribution >= 4 is 11.7 Å². The molecule has 0 bridgehead atoms. The van der Waals surface area contributed by atoms with Crippen molar-refractivity contribution < 1.29 is 9.18 Å². The van der Waals surface area contributed by atoms with Gasteiger partial charge in [0.2, 0.25) is 0 Å². The van der Waals surface area contributed by atoms with Crippen LogP contribution in [0, 0.1) is 5.82 Å². The Morgan fingerprint density at radius 2 is 2.00 bits per heavy atom. The number of nitrogens with zero attached hydrogens (tertiary/aromatic N) is 1. The fourth-order valence-corrected chi connectivity index (χ4v) is 3.52. The van der Waals surface area contributed by atoms with E-state index in [1.807, 2.05) is 4.90 Å². The number of nitrogens with one attached hydrogen (secondary N) is 1. The van der Waals surface area contributed by atoms with Crippen LogP contribution in [0.1, 0.15) is 51.0 Å². The van der Waals surface area contributed by atoms with Crippen LogP contribution in [0.15, 0.2) is 18.2 Å². The second kappa shape index (κ2) is 6.04. The highest BCUT2D eigenvalue weighted by molar-refractivity contribution is 5.94. The van der Waals surface area contributed by atoms with Crippen molar-refractivity contribution in [1.82, 2.24) is 5.32 Å². The van der Waals surface area contributed by atoms with Crippen molar-refractivity contribution in [3.05, 3.63) is 29.6 Å². The zero-order chi connectivity index (χ0) is 14.8. The second-order valence-corrected chi connectivity index (χ2v) is 6.32. The quantitative estimate of drug-likeness (QED) is 0.832. The zero-order valence-corrected chi connectivity index (χ0v) is 12.6. The monoisotopic (exact) mass is 290 g/mol. The normalized spacial score (nSPS) is 22.8. The van der Waals surface area contributed by atoms with Gasteiger partial charge in [-0.15, -0.1) is 0 Å². The topological polar surface area (TPSA) is 32.3 Å². The molecule has 1 fully saturated rings. The first-order valence-corrected chi connectivity index (χ1v) is 8.03. The van der Waals surface area contributed by atoms with Crippen LogP contribution in [0.5, 0.6) is 0 Å². The molecule has 2 aliphatic rings. The Morgan fingerprint density at radius 1 is 1.24 bits per heavy atom. The summed E-state index contributed by atoms with van der Waals surface area (Å²) in [6.07, 6.45) is 7.53. The number of halogens is 1. The summed E-state index contributed by atoms with van der Waals surface area (Å²) in [5.74, 6) is -0.226. The number of fused-ring (bicyclic) bond motifs is 1. The average Bonchev–Trinajstić information content (AvgIpc) is 2.48. The van der Waals surface area contributed by atoms with Crippen molar-refractivity contribution in [2.24, 2.45) is 0 Å². The first-order chi connectivity index (χ1) is 10.1.